The van der Waals surface area contributed by atoms with E-state index in [0.717, 1.165) is 61.0 Å². The summed E-state index contributed by atoms with van der Waals surface area (Å²) in [4.78, 5) is 2.52. The van der Waals surface area contributed by atoms with Crippen LogP contribution in [0.15, 0.2) is 280 Å². The summed E-state index contributed by atoms with van der Waals surface area (Å²) in [6.07, 6.45) is 22.4. The van der Waals surface area contributed by atoms with Gasteiger partial charge in [0.1, 0.15) is 0 Å². The molecule has 0 saturated carbocycles. The molecule has 464 valence electrons. The first kappa shape index (κ1) is 59.9. The lowest BCUT2D eigenvalue weighted by molar-refractivity contribution is 0.401. The predicted molar refractivity (Wildman–Crippen MR) is 403 cm³/mol. The molecule has 0 bridgehead atoms. The lowest BCUT2D eigenvalue weighted by Gasteiger charge is -2.35. The van der Waals surface area contributed by atoms with Crippen LogP contribution in [0.1, 0.15) is 130 Å². The molecule has 0 amide bonds. The summed E-state index contributed by atoms with van der Waals surface area (Å²) in [5.41, 5.74) is 37.5. The SMILES string of the molecule is C=Cc1ccc(-c2ccc(N(c3ccc(-c4ccc(C=C)cc4)cc3)c3ccc4c(c3)C(CCCCCc3ccc5c(c3)CC5)(CCCCCc3ccc5c(c3)CC5)c3cc(CC5Cc6ccc(-c7ccccc7)cc6-c6cc(-c7ccccc7)ccc65)ccc3-4)cc2)cc1. The number of unbranched alkanes of at least 4 members (excludes halogenated alkanes) is 4. The lowest BCUT2D eigenvalue weighted by Crippen LogP contribution is -2.26. The molecule has 1 heteroatoms. The van der Waals surface area contributed by atoms with Crippen molar-refractivity contribution in [2.45, 2.75) is 114 Å². The second-order valence-electron chi connectivity index (χ2n) is 27.6. The molecule has 0 saturated heterocycles. The second-order valence-corrected chi connectivity index (χ2v) is 27.6. The Balaban J connectivity index is 0.793. The van der Waals surface area contributed by atoms with Crippen LogP contribution in [-0.2, 0) is 56.8 Å². The molecular formula is C94H83N. The van der Waals surface area contributed by atoms with Crippen molar-refractivity contribution in [3.63, 3.8) is 0 Å². The third-order valence-corrected chi connectivity index (χ3v) is 21.9. The van der Waals surface area contributed by atoms with Crippen molar-refractivity contribution in [3.8, 4) is 66.8 Å². The van der Waals surface area contributed by atoms with Crippen LogP contribution in [-0.4, -0.2) is 0 Å². The zero-order valence-corrected chi connectivity index (χ0v) is 54.8. The maximum atomic E-state index is 4.02. The third kappa shape index (κ3) is 12.1. The van der Waals surface area contributed by atoms with Crippen LogP contribution in [0, 0.1) is 0 Å². The number of rotatable bonds is 23. The molecule has 95 heavy (non-hydrogen) atoms. The fourth-order valence-electron chi connectivity index (χ4n) is 16.4. The van der Waals surface area contributed by atoms with Crippen LogP contribution in [0.3, 0.4) is 0 Å². The van der Waals surface area contributed by atoms with Gasteiger partial charge in [0.05, 0.1) is 0 Å². The number of nitrogens with zero attached hydrogens (tertiary/aromatic N) is 1. The quantitative estimate of drug-likeness (QED) is 0.0577. The van der Waals surface area contributed by atoms with Crippen molar-refractivity contribution in [3.05, 3.63) is 352 Å². The molecule has 12 aromatic carbocycles. The van der Waals surface area contributed by atoms with Crippen LogP contribution in [0.4, 0.5) is 17.1 Å². The first-order valence-corrected chi connectivity index (χ1v) is 35.2. The van der Waals surface area contributed by atoms with Crippen LogP contribution >= 0.6 is 0 Å². The number of hydrogen-bond acceptors (Lipinski definition) is 1. The molecule has 4 aliphatic carbocycles. The minimum absolute atomic E-state index is 0.188. The first-order valence-electron chi connectivity index (χ1n) is 35.2. The Labute approximate surface area is 563 Å². The van der Waals surface area contributed by atoms with E-state index in [1.807, 2.05) is 12.2 Å². The number of hydrogen-bond donors (Lipinski definition) is 0. The fourth-order valence-corrected chi connectivity index (χ4v) is 16.4. The van der Waals surface area contributed by atoms with E-state index in [1.165, 1.54) is 170 Å². The van der Waals surface area contributed by atoms with Gasteiger partial charge in [0.2, 0.25) is 0 Å². The Morgan fingerprint density at radius 2 is 0.758 bits per heavy atom. The van der Waals surface area contributed by atoms with E-state index in [4.69, 9.17) is 0 Å². The summed E-state index contributed by atoms with van der Waals surface area (Å²) in [6, 6.07) is 102. The Morgan fingerprint density at radius 1 is 0.326 bits per heavy atom. The van der Waals surface area contributed by atoms with Gasteiger partial charge < -0.3 is 4.90 Å². The Hall–Kier alpha value is -10.1. The van der Waals surface area contributed by atoms with E-state index in [-0.39, 0.29) is 5.41 Å². The van der Waals surface area contributed by atoms with Crippen LogP contribution in [0.25, 0.3) is 78.9 Å². The van der Waals surface area contributed by atoms with Gasteiger partial charge in [-0.2, -0.15) is 0 Å². The van der Waals surface area contributed by atoms with Crippen LogP contribution in [0.5, 0.6) is 0 Å². The van der Waals surface area contributed by atoms with E-state index < -0.39 is 0 Å². The van der Waals surface area contributed by atoms with Crippen LogP contribution < -0.4 is 4.90 Å². The molecule has 0 radical (unpaired) electrons. The molecule has 12 aromatic rings. The van der Waals surface area contributed by atoms with Crippen molar-refractivity contribution in [1.29, 1.82) is 0 Å². The predicted octanol–water partition coefficient (Wildman–Crippen LogP) is 24.7. The topological polar surface area (TPSA) is 3.24 Å². The number of fused-ring (bicyclic) bond motifs is 8. The third-order valence-electron chi connectivity index (χ3n) is 21.9. The average Bonchev–Trinajstić information content (AvgIpc) is 1.59. The Morgan fingerprint density at radius 3 is 1.26 bits per heavy atom. The molecule has 0 aromatic heterocycles. The Bertz CT molecular complexity index is 4620. The smallest absolute Gasteiger partial charge is 0.0465 e. The fraction of sp³-hybridized carbons (Fsp3) is 0.191. The lowest BCUT2D eigenvalue weighted by atomic mass is 9.69. The van der Waals surface area contributed by atoms with Crippen molar-refractivity contribution in [2.75, 3.05) is 4.90 Å². The normalized spacial score (nSPS) is 14.2. The minimum atomic E-state index is -0.188. The molecule has 1 atom stereocenters. The van der Waals surface area contributed by atoms with E-state index in [0.29, 0.717) is 5.92 Å². The minimum Gasteiger partial charge on any atom is -0.310 e. The van der Waals surface area contributed by atoms with Gasteiger partial charge >= 0.3 is 0 Å². The van der Waals surface area contributed by atoms with Gasteiger partial charge in [0, 0.05) is 22.5 Å². The van der Waals surface area contributed by atoms with Crippen LogP contribution in [0.2, 0.25) is 0 Å². The molecular weight excluding hydrogens is 1140 g/mol. The highest BCUT2D eigenvalue weighted by Crippen LogP contribution is 2.57. The molecule has 16 rings (SSSR count). The van der Waals surface area contributed by atoms with E-state index >= 15 is 0 Å². The Kier molecular flexibility index (Phi) is 16.6. The van der Waals surface area contributed by atoms with Crippen molar-refractivity contribution < 1.29 is 0 Å². The standard InChI is InChI=1S/C94H83N/c1-3-65-23-30-72(31-24-65)74-42-47-84(48-43-74)95(85-49-44-75(45-50-85)73-32-25-66(4-2)26-33-73)86-51-54-89-88-52-29-69(59-83-61-82-41-40-80(70-19-11-5-12-20-70)62-90(82)91-63-81(46-53-87(83)91)71-21-13-6-14-22-71)60-92(88)94(93(89)64-86,55-15-7-9-17-67-27-34-76-36-38-78(76)57-67)56-16-8-10-18-68-28-35-77-37-39-79(77)58-68/h3-6,11-14,19-35,40-54,57-58,60,62-64,83H,1-2,7-10,15-18,36-39,55-56,59,61H2. The zero-order chi connectivity index (χ0) is 63.7. The molecule has 0 N–H and O–H groups in total. The van der Waals surface area contributed by atoms with E-state index in [2.05, 4.69) is 285 Å². The summed E-state index contributed by atoms with van der Waals surface area (Å²) in [5.74, 6) is 0.321. The molecule has 1 unspecified atom stereocenters. The van der Waals surface area contributed by atoms with Gasteiger partial charge in [0.25, 0.3) is 0 Å². The molecule has 1 nitrogen and oxygen atoms in total. The van der Waals surface area contributed by atoms with Gasteiger partial charge in [-0.25, -0.2) is 0 Å². The highest BCUT2D eigenvalue weighted by Gasteiger charge is 2.43. The van der Waals surface area contributed by atoms with Gasteiger partial charge in [-0.3, -0.25) is 0 Å². The van der Waals surface area contributed by atoms with Gasteiger partial charge in [0.15, 0.2) is 0 Å². The first-order chi connectivity index (χ1) is 46.9. The highest BCUT2D eigenvalue weighted by atomic mass is 15.1. The molecule has 0 heterocycles. The van der Waals surface area contributed by atoms with Gasteiger partial charge in [-0.05, 0) is 271 Å². The summed E-state index contributed by atoms with van der Waals surface area (Å²) >= 11 is 0. The summed E-state index contributed by atoms with van der Waals surface area (Å²) in [7, 11) is 0. The monoisotopic (exact) mass is 1230 g/mol. The van der Waals surface area contributed by atoms with Gasteiger partial charge in [-0.1, -0.05) is 269 Å². The van der Waals surface area contributed by atoms with Crippen molar-refractivity contribution >= 4 is 29.2 Å². The summed E-state index contributed by atoms with van der Waals surface area (Å²) in [5, 5.41) is 0. The maximum Gasteiger partial charge on any atom is 0.0465 e. The molecule has 4 aliphatic rings. The molecule has 0 fully saturated rings. The molecule has 0 spiro atoms. The maximum absolute atomic E-state index is 4.02. The summed E-state index contributed by atoms with van der Waals surface area (Å²) in [6.45, 7) is 8.04. The van der Waals surface area contributed by atoms with E-state index in [1.54, 1.807) is 27.8 Å². The van der Waals surface area contributed by atoms with Crippen molar-refractivity contribution in [2.24, 2.45) is 0 Å². The molecule has 0 aliphatic heterocycles. The van der Waals surface area contributed by atoms with Gasteiger partial charge in [-0.15, -0.1) is 0 Å². The zero-order valence-electron chi connectivity index (χ0n) is 54.8. The number of benzene rings is 12. The number of anilines is 3. The largest absolute Gasteiger partial charge is 0.310 e. The average molecular weight is 1230 g/mol. The second kappa shape index (κ2) is 26.4. The summed E-state index contributed by atoms with van der Waals surface area (Å²) < 4.78 is 0. The highest BCUT2D eigenvalue weighted by molar-refractivity contribution is 5.88. The van der Waals surface area contributed by atoms with Crippen molar-refractivity contribution in [1.82, 2.24) is 0 Å². The van der Waals surface area contributed by atoms with E-state index in [9.17, 15) is 0 Å². The number of aryl methyl sites for hydroxylation is 6.